The van der Waals surface area contributed by atoms with Crippen molar-refractivity contribution in [2.45, 2.75) is 38.0 Å². The number of nitrogens with zero attached hydrogens (tertiary/aromatic N) is 3. The van der Waals surface area contributed by atoms with E-state index in [0.29, 0.717) is 24.3 Å². The van der Waals surface area contributed by atoms with Crippen LogP contribution in [0.1, 0.15) is 43.5 Å². The summed E-state index contributed by atoms with van der Waals surface area (Å²) in [7, 11) is -3.47. The van der Waals surface area contributed by atoms with Crippen molar-refractivity contribution >= 4 is 27.4 Å². The third-order valence-corrected chi connectivity index (χ3v) is 7.08. The Morgan fingerprint density at radius 2 is 1.69 bits per heavy atom. The van der Waals surface area contributed by atoms with E-state index in [-0.39, 0.29) is 10.8 Å². The number of hydrogen-bond donors (Lipinski definition) is 1. The van der Waals surface area contributed by atoms with Crippen molar-refractivity contribution < 1.29 is 13.2 Å². The van der Waals surface area contributed by atoms with Crippen LogP contribution in [0.3, 0.4) is 0 Å². The Kier molecular flexibility index (Phi) is 6.87. The minimum absolute atomic E-state index is 0.252. The van der Waals surface area contributed by atoms with Crippen LogP contribution in [-0.4, -0.2) is 49.8 Å². The first-order valence-electron chi connectivity index (χ1n) is 10.1. The molecule has 0 unspecified atom stereocenters. The zero-order valence-corrected chi connectivity index (χ0v) is 17.8. The smallest absolute Gasteiger partial charge is 0.257 e. The molecular weight excluding hydrogens is 388 g/mol. The zero-order valence-electron chi connectivity index (χ0n) is 17.0. The van der Waals surface area contributed by atoms with Gasteiger partial charge in [-0.1, -0.05) is 6.42 Å². The van der Waals surface area contributed by atoms with Gasteiger partial charge >= 0.3 is 0 Å². The van der Waals surface area contributed by atoms with E-state index in [2.05, 4.69) is 29.0 Å². The van der Waals surface area contributed by atoms with Gasteiger partial charge in [-0.3, -0.25) is 4.79 Å². The van der Waals surface area contributed by atoms with Gasteiger partial charge in [0.15, 0.2) is 0 Å². The largest absolute Gasteiger partial charge is 0.357 e. The van der Waals surface area contributed by atoms with Gasteiger partial charge in [0.05, 0.1) is 10.5 Å². The van der Waals surface area contributed by atoms with E-state index in [1.165, 1.54) is 4.31 Å². The standard InChI is InChI=1S/C21H28N4O3S/c1-3-24(4-2)20-13-8-17(16-22-20)21(26)23-18-9-11-19(12-10-18)29(27,28)25-14-6-5-7-15-25/h8-13,16H,3-7,14-15H2,1-2H3,(H,23,26). The molecular formula is C21H28N4O3S. The number of rotatable bonds is 7. The quantitative estimate of drug-likeness (QED) is 0.748. The molecule has 3 rings (SSSR count). The summed E-state index contributed by atoms with van der Waals surface area (Å²) in [5, 5.41) is 2.79. The maximum Gasteiger partial charge on any atom is 0.257 e. The third-order valence-electron chi connectivity index (χ3n) is 5.16. The van der Waals surface area contributed by atoms with Crippen molar-refractivity contribution in [2.75, 3.05) is 36.4 Å². The van der Waals surface area contributed by atoms with Gasteiger partial charge in [-0.2, -0.15) is 4.31 Å². The second-order valence-corrected chi connectivity index (χ2v) is 8.96. The van der Waals surface area contributed by atoms with Gasteiger partial charge in [0.1, 0.15) is 5.82 Å². The second-order valence-electron chi connectivity index (χ2n) is 7.02. The number of aromatic nitrogens is 1. The number of sulfonamides is 1. The van der Waals surface area contributed by atoms with Crippen molar-refractivity contribution in [1.82, 2.24) is 9.29 Å². The number of carbonyl (C=O) groups is 1. The normalized spacial score (nSPS) is 15.1. The summed E-state index contributed by atoms with van der Waals surface area (Å²) in [6, 6.07) is 9.89. The number of nitrogens with one attached hydrogen (secondary N) is 1. The minimum atomic E-state index is -3.47. The topological polar surface area (TPSA) is 82.6 Å². The van der Waals surface area contributed by atoms with Crippen LogP contribution in [0.15, 0.2) is 47.5 Å². The van der Waals surface area contributed by atoms with Crippen LogP contribution >= 0.6 is 0 Å². The Hall–Kier alpha value is -2.45. The summed E-state index contributed by atoms with van der Waals surface area (Å²) in [4.78, 5) is 19.2. The molecule has 1 aliphatic rings. The van der Waals surface area contributed by atoms with E-state index in [4.69, 9.17) is 0 Å². The molecule has 1 N–H and O–H groups in total. The summed E-state index contributed by atoms with van der Waals surface area (Å²) in [5.74, 6) is 0.550. The third kappa shape index (κ3) is 4.94. The van der Waals surface area contributed by atoms with Gasteiger partial charge in [-0.05, 0) is 63.1 Å². The summed E-state index contributed by atoms with van der Waals surface area (Å²) in [5.41, 5.74) is 0.992. The summed E-state index contributed by atoms with van der Waals surface area (Å²) >= 11 is 0. The summed E-state index contributed by atoms with van der Waals surface area (Å²) < 4.78 is 26.9. The monoisotopic (exact) mass is 416 g/mol. The molecule has 1 aromatic carbocycles. The highest BCUT2D eigenvalue weighted by atomic mass is 32.2. The highest BCUT2D eigenvalue weighted by molar-refractivity contribution is 7.89. The number of pyridine rings is 1. The molecule has 156 valence electrons. The van der Waals surface area contributed by atoms with Gasteiger partial charge in [0.25, 0.3) is 5.91 Å². The van der Waals surface area contributed by atoms with Crippen molar-refractivity contribution in [3.8, 4) is 0 Å². The molecule has 7 nitrogen and oxygen atoms in total. The van der Waals surface area contributed by atoms with Crippen LogP contribution in [0, 0.1) is 0 Å². The highest BCUT2D eigenvalue weighted by Gasteiger charge is 2.25. The minimum Gasteiger partial charge on any atom is -0.357 e. The summed E-state index contributed by atoms with van der Waals surface area (Å²) in [6.45, 7) is 6.94. The average molecular weight is 417 g/mol. The number of hydrogen-bond acceptors (Lipinski definition) is 5. The number of piperidine rings is 1. The van der Waals surface area contributed by atoms with E-state index >= 15 is 0 Å². The van der Waals surface area contributed by atoms with Crippen LogP contribution < -0.4 is 10.2 Å². The molecule has 0 spiro atoms. The summed E-state index contributed by atoms with van der Waals surface area (Å²) in [6.07, 6.45) is 4.42. The molecule has 2 heterocycles. The molecule has 29 heavy (non-hydrogen) atoms. The van der Waals surface area contributed by atoms with E-state index in [1.54, 1.807) is 36.5 Å². The second kappa shape index (κ2) is 9.37. The molecule has 1 aromatic heterocycles. The van der Waals surface area contributed by atoms with Crippen LogP contribution in [0.5, 0.6) is 0 Å². The molecule has 0 bridgehead atoms. The number of benzene rings is 1. The molecule has 8 heteroatoms. The fraction of sp³-hybridized carbons (Fsp3) is 0.429. The predicted molar refractivity (Wildman–Crippen MR) is 115 cm³/mol. The highest BCUT2D eigenvalue weighted by Crippen LogP contribution is 2.22. The van der Waals surface area contributed by atoms with Crippen molar-refractivity contribution in [1.29, 1.82) is 0 Å². The molecule has 1 amide bonds. The van der Waals surface area contributed by atoms with Crippen LogP contribution in [0.2, 0.25) is 0 Å². The molecule has 1 fully saturated rings. The Balaban J connectivity index is 1.67. The molecule has 0 atom stereocenters. The maximum atomic E-state index is 12.7. The average Bonchev–Trinajstić information content (AvgIpc) is 2.76. The van der Waals surface area contributed by atoms with Gasteiger partial charge in [-0.15, -0.1) is 0 Å². The molecule has 0 radical (unpaired) electrons. The van der Waals surface area contributed by atoms with Gasteiger partial charge < -0.3 is 10.2 Å². The molecule has 2 aromatic rings. The number of carbonyl (C=O) groups excluding carboxylic acids is 1. The van der Waals surface area contributed by atoms with Crippen LogP contribution in [0.25, 0.3) is 0 Å². The first-order valence-corrected chi connectivity index (χ1v) is 11.5. The fourth-order valence-corrected chi connectivity index (χ4v) is 4.94. The fourth-order valence-electron chi connectivity index (χ4n) is 3.42. The first-order chi connectivity index (χ1) is 14.0. The van der Waals surface area contributed by atoms with Crippen LogP contribution in [0.4, 0.5) is 11.5 Å². The molecule has 1 aliphatic heterocycles. The van der Waals surface area contributed by atoms with E-state index < -0.39 is 10.0 Å². The van der Waals surface area contributed by atoms with Crippen molar-refractivity contribution in [2.24, 2.45) is 0 Å². The SMILES string of the molecule is CCN(CC)c1ccc(C(=O)Nc2ccc(S(=O)(=O)N3CCCCC3)cc2)cn1. The Morgan fingerprint density at radius 3 is 2.24 bits per heavy atom. The van der Waals surface area contributed by atoms with Crippen molar-refractivity contribution in [3.63, 3.8) is 0 Å². The molecule has 0 aliphatic carbocycles. The van der Waals surface area contributed by atoms with Gasteiger partial charge in [0, 0.05) is 38.1 Å². The van der Waals surface area contributed by atoms with Crippen LogP contribution in [-0.2, 0) is 10.0 Å². The lowest BCUT2D eigenvalue weighted by Crippen LogP contribution is -2.35. The Morgan fingerprint density at radius 1 is 1.03 bits per heavy atom. The zero-order chi connectivity index (χ0) is 20.9. The Bertz CT molecular complexity index is 917. The predicted octanol–water partition coefficient (Wildman–Crippen LogP) is 3.35. The maximum absolute atomic E-state index is 12.7. The number of amides is 1. The molecule has 0 saturated carbocycles. The van der Waals surface area contributed by atoms with Crippen molar-refractivity contribution in [3.05, 3.63) is 48.2 Å². The van der Waals surface area contributed by atoms with E-state index in [1.807, 2.05) is 6.07 Å². The Labute approximate surface area is 172 Å². The lowest BCUT2D eigenvalue weighted by atomic mass is 10.2. The van der Waals surface area contributed by atoms with Gasteiger partial charge in [-0.25, -0.2) is 13.4 Å². The van der Waals surface area contributed by atoms with E-state index in [0.717, 1.165) is 38.2 Å². The lowest BCUT2D eigenvalue weighted by molar-refractivity contribution is 0.102. The van der Waals surface area contributed by atoms with E-state index in [9.17, 15) is 13.2 Å². The van der Waals surface area contributed by atoms with Gasteiger partial charge in [0.2, 0.25) is 10.0 Å². The lowest BCUT2D eigenvalue weighted by Gasteiger charge is -2.25. The molecule has 1 saturated heterocycles. The first kappa shape index (κ1) is 21.3. The number of anilines is 2.